The van der Waals surface area contributed by atoms with Gasteiger partial charge in [-0.05, 0) is 38.5 Å². The number of carboxylic acid groups (broad SMARTS) is 1. The number of halogens is 1. The molecule has 0 saturated carbocycles. The normalized spacial score (nSPS) is 14.4. The number of ether oxygens (including phenoxy) is 1. The molecule has 5 nitrogen and oxygen atoms in total. The van der Waals surface area contributed by atoms with Gasteiger partial charge in [-0.25, -0.2) is 14.0 Å². The average molecular weight is 283 g/mol. The molecule has 1 aromatic rings. The molecule has 0 radical (unpaired) electrons. The first-order valence-corrected chi connectivity index (χ1v) is 6.05. The van der Waals surface area contributed by atoms with E-state index in [1.807, 2.05) is 0 Å². The van der Waals surface area contributed by atoms with Gasteiger partial charge in [0.1, 0.15) is 11.4 Å². The predicted molar refractivity (Wildman–Crippen MR) is 70.5 cm³/mol. The van der Waals surface area contributed by atoms with E-state index < -0.39 is 28.9 Å². The number of hydrogen-bond donors (Lipinski definition) is 2. The summed E-state index contributed by atoms with van der Waals surface area (Å²) in [6.07, 6.45) is -0.352. The molecule has 6 heteroatoms. The van der Waals surface area contributed by atoms with E-state index in [9.17, 15) is 19.1 Å². The van der Waals surface area contributed by atoms with E-state index in [-0.39, 0.29) is 6.42 Å². The van der Waals surface area contributed by atoms with Crippen LogP contribution in [0.3, 0.4) is 0 Å². The van der Waals surface area contributed by atoms with Crippen LogP contribution < -0.4 is 5.73 Å². The standard InChI is InChI=1S/C14H18FNO4/c1-13(2,3)20-12(19)14(16,11(17)18)8-9-5-4-6-10(15)7-9/h4-7H,8,16H2,1-3H3,(H,17,18)/t14-/m1/s1. The average Bonchev–Trinajstić information content (AvgIpc) is 2.26. The summed E-state index contributed by atoms with van der Waals surface area (Å²) < 4.78 is 18.1. The summed E-state index contributed by atoms with van der Waals surface area (Å²) in [5.74, 6) is -3.10. The fourth-order valence-electron chi connectivity index (χ4n) is 1.57. The number of esters is 1. The highest BCUT2D eigenvalue weighted by Gasteiger charge is 2.45. The second-order valence-corrected chi connectivity index (χ2v) is 5.59. The molecule has 20 heavy (non-hydrogen) atoms. The molecule has 0 bridgehead atoms. The topological polar surface area (TPSA) is 89.6 Å². The summed E-state index contributed by atoms with van der Waals surface area (Å²) in [5.41, 5.74) is 2.87. The van der Waals surface area contributed by atoms with Crippen LogP contribution in [0.1, 0.15) is 26.3 Å². The van der Waals surface area contributed by atoms with Crippen molar-refractivity contribution < 1.29 is 23.8 Å². The van der Waals surface area contributed by atoms with Gasteiger partial charge in [0, 0.05) is 6.42 Å². The number of carbonyl (C=O) groups excluding carboxylic acids is 1. The molecule has 1 aromatic carbocycles. The molecule has 1 atom stereocenters. The van der Waals surface area contributed by atoms with E-state index >= 15 is 0 Å². The number of carboxylic acids is 1. The molecule has 0 aliphatic rings. The highest BCUT2D eigenvalue weighted by molar-refractivity contribution is 6.04. The van der Waals surface area contributed by atoms with Gasteiger partial charge in [0.2, 0.25) is 5.54 Å². The third-order valence-corrected chi connectivity index (χ3v) is 2.52. The summed E-state index contributed by atoms with van der Waals surface area (Å²) in [5, 5.41) is 9.21. The number of rotatable bonds is 4. The molecule has 0 saturated heterocycles. The minimum Gasteiger partial charge on any atom is -0.479 e. The number of carbonyl (C=O) groups is 2. The molecule has 0 heterocycles. The molecule has 110 valence electrons. The molecule has 0 fully saturated rings. The van der Waals surface area contributed by atoms with E-state index in [0.717, 1.165) is 6.07 Å². The fraction of sp³-hybridized carbons (Fsp3) is 0.429. The van der Waals surface area contributed by atoms with Gasteiger partial charge < -0.3 is 15.6 Å². The zero-order valence-corrected chi connectivity index (χ0v) is 11.6. The van der Waals surface area contributed by atoms with Crippen molar-refractivity contribution >= 4 is 11.9 Å². The highest BCUT2D eigenvalue weighted by Crippen LogP contribution is 2.18. The highest BCUT2D eigenvalue weighted by atomic mass is 19.1. The van der Waals surface area contributed by atoms with Crippen LogP contribution in [0.4, 0.5) is 4.39 Å². The molecule has 1 rings (SSSR count). The second-order valence-electron chi connectivity index (χ2n) is 5.59. The van der Waals surface area contributed by atoms with Gasteiger partial charge in [-0.3, -0.25) is 0 Å². The minimum atomic E-state index is -2.25. The Morgan fingerprint density at radius 1 is 1.35 bits per heavy atom. The first-order valence-electron chi connectivity index (χ1n) is 6.05. The smallest absolute Gasteiger partial charge is 0.338 e. The van der Waals surface area contributed by atoms with Crippen molar-refractivity contribution in [2.45, 2.75) is 38.3 Å². The number of benzene rings is 1. The summed E-state index contributed by atoms with van der Waals surface area (Å²) in [4.78, 5) is 23.3. The van der Waals surface area contributed by atoms with E-state index in [2.05, 4.69) is 0 Å². The molecule has 0 spiro atoms. The molecule has 0 unspecified atom stereocenters. The molecule has 0 aromatic heterocycles. The lowest BCUT2D eigenvalue weighted by molar-refractivity contribution is -0.169. The second kappa shape index (κ2) is 5.58. The summed E-state index contributed by atoms with van der Waals surface area (Å²) in [6, 6.07) is 5.27. The van der Waals surface area contributed by atoms with Crippen LogP contribution in [0.5, 0.6) is 0 Å². The Labute approximate surface area is 116 Å². The van der Waals surface area contributed by atoms with Crippen LogP contribution in [0.2, 0.25) is 0 Å². The molecular weight excluding hydrogens is 265 g/mol. The third kappa shape index (κ3) is 4.03. The molecule has 3 N–H and O–H groups in total. The summed E-state index contributed by atoms with van der Waals surface area (Å²) in [6.45, 7) is 4.82. The van der Waals surface area contributed by atoms with Gasteiger partial charge >= 0.3 is 11.9 Å². The zero-order chi connectivity index (χ0) is 15.6. The first-order chi connectivity index (χ1) is 9.04. The van der Waals surface area contributed by atoms with Gasteiger partial charge in [0.15, 0.2) is 0 Å². The number of nitrogens with two attached hydrogens (primary N) is 1. The maximum Gasteiger partial charge on any atom is 0.338 e. The van der Waals surface area contributed by atoms with E-state index in [1.54, 1.807) is 20.8 Å². The van der Waals surface area contributed by atoms with Crippen LogP contribution in [-0.4, -0.2) is 28.2 Å². The maximum atomic E-state index is 13.1. The van der Waals surface area contributed by atoms with Crippen molar-refractivity contribution in [3.05, 3.63) is 35.6 Å². The van der Waals surface area contributed by atoms with Crippen molar-refractivity contribution in [1.82, 2.24) is 0 Å². The van der Waals surface area contributed by atoms with Gasteiger partial charge in [-0.1, -0.05) is 12.1 Å². The molecule has 0 aliphatic heterocycles. The fourth-order valence-corrected chi connectivity index (χ4v) is 1.57. The van der Waals surface area contributed by atoms with Crippen LogP contribution in [0.15, 0.2) is 24.3 Å². The Hall–Kier alpha value is -1.95. The van der Waals surface area contributed by atoms with E-state index in [1.165, 1.54) is 18.2 Å². The van der Waals surface area contributed by atoms with Crippen LogP contribution in [0, 0.1) is 5.82 Å². The van der Waals surface area contributed by atoms with Crippen molar-refractivity contribution in [3.8, 4) is 0 Å². The third-order valence-electron chi connectivity index (χ3n) is 2.52. The quantitative estimate of drug-likeness (QED) is 0.645. The molecular formula is C14H18FNO4. The Balaban J connectivity index is 3.04. The lowest BCUT2D eigenvalue weighted by atomic mass is 9.91. The zero-order valence-electron chi connectivity index (χ0n) is 11.6. The van der Waals surface area contributed by atoms with Gasteiger partial charge in [0.05, 0.1) is 0 Å². The lowest BCUT2D eigenvalue weighted by Gasteiger charge is -2.28. The Kier molecular flexibility index (Phi) is 4.50. The van der Waals surface area contributed by atoms with Crippen LogP contribution in [0.25, 0.3) is 0 Å². The largest absolute Gasteiger partial charge is 0.479 e. The monoisotopic (exact) mass is 283 g/mol. The number of hydrogen-bond acceptors (Lipinski definition) is 4. The van der Waals surface area contributed by atoms with Crippen LogP contribution >= 0.6 is 0 Å². The van der Waals surface area contributed by atoms with Crippen LogP contribution in [-0.2, 0) is 20.7 Å². The summed E-state index contributed by atoms with van der Waals surface area (Å²) in [7, 11) is 0. The van der Waals surface area contributed by atoms with Crippen molar-refractivity contribution in [2.75, 3.05) is 0 Å². The van der Waals surface area contributed by atoms with E-state index in [0.29, 0.717) is 5.56 Å². The SMILES string of the molecule is CC(C)(C)OC(=O)[C@@](N)(Cc1cccc(F)c1)C(=O)O. The van der Waals surface area contributed by atoms with Crippen molar-refractivity contribution in [2.24, 2.45) is 5.73 Å². The van der Waals surface area contributed by atoms with Gasteiger partial charge in [-0.15, -0.1) is 0 Å². The predicted octanol–water partition coefficient (Wildman–Crippen LogP) is 1.49. The van der Waals surface area contributed by atoms with Crippen molar-refractivity contribution in [1.29, 1.82) is 0 Å². The summed E-state index contributed by atoms with van der Waals surface area (Å²) >= 11 is 0. The Morgan fingerprint density at radius 3 is 2.40 bits per heavy atom. The van der Waals surface area contributed by atoms with E-state index in [4.69, 9.17) is 10.5 Å². The van der Waals surface area contributed by atoms with Crippen molar-refractivity contribution in [3.63, 3.8) is 0 Å². The molecule has 0 aliphatic carbocycles. The number of aliphatic carboxylic acids is 1. The Bertz CT molecular complexity index is 524. The van der Waals surface area contributed by atoms with Gasteiger partial charge in [-0.2, -0.15) is 0 Å². The van der Waals surface area contributed by atoms with Gasteiger partial charge in [0.25, 0.3) is 0 Å². The Morgan fingerprint density at radius 2 is 1.95 bits per heavy atom. The molecule has 0 amide bonds. The minimum absolute atomic E-state index is 0.306. The lowest BCUT2D eigenvalue weighted by Crippen LogP contribution is -2.58. The first kappa shape index (κ1) is 16.1. The maximum absolute atomic E-state index is 13.1.